The number of rotatable bonds is 9. The van der Waals surface area contributed by atoms with Crippen LogP contribution in [0.5, 0.6) is 0 Å². The van der Waals surface area contributed by atoms with Crippen LogP contribution in [0.1, 0.15) is 0 Å². The molecule has 7 aromatic heterocycles. The summed E-state index contributed by atoms with van der Waals surface area (Å²) >= 11 is 5.58. The van der Waals surface area contributed by atoms with E-state index in [1.807, 2.05) is 34.0 Å². The van der Waals surface area contributed by atoms with Gasteiger partial charge >= 0.3 is 0 Å². The number of para-hydroxylation sites is 3. The molecule has 15 aromatic carbocycles. The molecule has 0 radical (unpaired) electrons. The number of fused-ring (bicyclic) bond motifs is 18. The van der Waals surface area contributed by atoms with Gasteiger partial charge in [-0.15, -0.1) is 34.0 Å². The first-order valence-electron chi connectivity index (χ1n) is 34.6. The first-order valence-corrected chi connectivity index (χ1v) is 37.0. The molecule has 0 bridgehead atoms. The minimum absolute atomic E-state index is 0.637. The molecule has 7 heterocycles. The van der Waals surface area contributed by atoms with E-state index in [1.54, 1.807) is 0 Å². The average molecular weight is 1350 g/mol. The maximum Gasteiger partial charge on any atom is 0.160 e. The molecule has 22 aromatic rings. The Balaban J connectivity index is 0.691. The van der Waals surface area contributed by atoms with Crippen molar-refractivity contribution in [2.24, 2.45) is 0 Å². The summed E-state index contributed by atoms with van der Waals surface area (Å²) in [5.41, 5.74) is 21.7. The zero-order chi connectivity index (χ0) is 66.7. The molecule has 0 aliphatic carbocycles. The van der Waals surface area contributed by atoms with Gasteiger partial charge in [-0.3, -0.25) is 0 Å². The van der Waals surface area contributed by atoms with E-state index < -0.39 is 0 Å². The standard InChI is InChI=1S/C94H55N5S3/c1-7-25-82-68(19-1)71-41-33-57(60-36-44-77-74-22-4-10-28-88(74)100-91(77)52-60)49-85(71)97(82)65-39-31-56(32-40-65)80-55-81(63-15-13-17-66(47-63)98-83-26-8-2-20-69(83)72-42-34-58(50-86(72)98)61-37-45-78-75-23-5-11-29-89(75)101-92(78)53-61)96-94(95-80)64-16-14-18-67(48-64)99-84-27-9-3-21-70(84)73-43-35-59(51-87(73)99)62-38-46-79-76-24-6-12-30-90(76)102-93(79)54-62/h1-55H. The molecule has 474 valence electrons. The first-order chi connectivity index (χ1) is 50.5. The molecule has 0 aliphatic heterocycles. The van der Waals surface area contributed by atoms with Gasteiger partial charge in [-0.2, -0.15) is 0 Å². The van der Waals surface area contributed by atoms with Crippen molar-refractivity contribution in [3.8, 4) is 84.3 Å². The zero-order valence-electron chi connectivity index (χ0n) is 54.7. The van der Waals surface area contributed by atoms with Crippen molar-refractivity contribution in [2.75, 3.05) is 0 Å². The van der Waals surface area contributed by atoms with Gasteiger partial charge in [0, 0.05) is 127 Å². The van der Waals surface area contributed by atoms with Gasteiger partial charge in [-0.1, -0.05) is 218 Å². The van der Waals surface area contributed by atoms with Crippen molar-refractivity contribution < 1.29 is 0 Å². The van der Waals surface area contributed by atoms with Crippen molar-refractivity contribution in [1.82, 2.24) is 23.7 Å². The summed E-state index contributed by atoms with van der Waals surface area (Å²) in [6, 6.07) is 123. The first kappa shape index (κ1) is 57.4. The summed E-state index contributed by atoms with van der Waals surface area (Å²) in [7, 11) is 0. The van der Waals surface area contributed by atoms with Crippen LogP contribution in [-0.4, -0.2) is 23.7 Å². The topological polar surface area (TPSA) is 40.6 Å². The SMILES string of the molecule is c1cc(-c2cc(-c3ccc(-n4c5ccccc5c5ccc(-c6ccc7c(c6)sc6ccccc67)cc54)cc3)nc(-c3cccc(-n4c5ccccc5c5ccc(-c6ccc7c(c6)sc6ccccc67)cc54)c3)n2)cc(-n2c3ccccc3c3ccc(-c4ccc5c(c4)sc4ccccc45)cc32)c1. The number of aromatic nitrogens is 5. The molecule has 0 spiro atoms. The zero-order valence-corrected chi connectivity index (χ0v) is 57.2. The summed E-state index contributed by atoms with van der Waals surface area (Å²) in [5.74, 6) is 0.637. The molecule has 5 nitrogen and oxygen atoms in total. The second-order valence-corrected chi connectivity index (χ2v) is 30.0. The second-order valence-electron chi connectivity index (χ2n) is 26.8. The Morgan fingerprint density at radius 3 is 0.902 bits per heavy atom. The normalized spacial score (nSPS) is 12.1. The lowest BCUT2D eigenvalue weighted by atomic mass is 10.0. The lowest BCUT2D eigenvalue weighted by molar-refractivity contribution is 1.15. The van der Waals surface area contributed by atoms with E-state index in [0.717, 1.165) is 78.2 Å². The predicted molar refractivity (Wildman–Crippen MR) is 436 cm³/mol. The molecule has 0 fully saturated rings. The average Bonchev–Trinajstić information content (AvgIpc) is 1.59. The summed E-state index contributed by atoms with van der Waals surface area (Å²) in [4.78, 5) is 11.2. The van der Waals surface area contributed by atoms with E-state index in [4.69, 9.17) is 9.97 Å². The number of hydrogen-bond donors (Lipinski definition) is 0. The maximum absolute atomic E-state index is 5.64. The van der Waals surface area contributed by atoms with Crippen molar-refractivity contribution in [1.29, 1.82) is 0 Å². The highest BCUT2D eigenvalue weighted by Crippen LogP contribution is 2.45. The summed E-state index contributed by atoms with van der Waals surface area (Å²) in [6.45, 7) is 0. The van der Waals surface area contributed by atoms with Crippen LogP contribution in [-0.2, 0) is 0 Å². The third-order valence-electron chi connectivity index (χ3n) is 21.1. The van der Waals surface area contributed by atoms with Gasteiger partial charge in [-0.05, 0) is 149 Å². The van der Waals surface area contributed by atoms with Crippen LogP contribution in [0.2, 0.25) is 0 Å². The van der Waals surface area contributed by atoms with Gasteiger partial charge in [0.15, 0.2) is 5.82 Å². The quantitative estimate of drug-likeness (QED) is 0.144. The third-order valence-corrected chi connectivity index (χ3v) is 24.5. The summed E-state index contributed by atoms with van der Waals surface area (Å²) < 4.78 is 15.1. The smallest absolute Gasteiger partial charge is 0.160 e. The molecule has 0 saturated carbocycles. The number of hydrogen-bond acceptors (Lipinski definition) is 5. The van der Waals surface area contributed by atoms with Gasteiger partial charge in [0.1, 0.15) is 0 Å². The predicted octanol–water partition coefficient (Wildman–Crippen LogP) is 26.9. The Morgan fingerprint density at radius 1 is 0.176 bits per heavy atom. The molecule has 0 atom stereocenters. The molecule has 102 heavy (non-hydrogen) atoms. The van der Waals surface area contributed by atoms with Gasteiger partial charge in [0.2, 0.25) is 0 Å². The third kappa shape index (κ3) is 9.00. The molecule has 8 heteroatoms. The van der Waals surface area contributed by atoms with E-state index in [-0.39, 0.29) is 0 Å². The lowest BCUT2D eigenvalue weighted by Crippen LogP contribution is -1.99. The van der Waals surface area contributed by atoms with Crippen molar-refractivity contribution >= 4 is 160 Å². The van der Waals surface area contributed by atoms with Crippen LogP contribution in [0, 0.1) is 0 Å². The van der Waals surface area contributed by atoms with E-state index in [1.165, 1.54) is 126 Å². The maximum atomic E-state index is 5.64. The summed E-state index contributed by atoms with van der Waals surface area (Å²) in [5, 5.41) is 15.1. The number of thiophene rings is 3. The van der Waals surface area contributed by atoms with Crippen LogP contribution < -0.4 is 0 Å². The van der Waals surface area contributed by atoms with Gasteiger partial charge in [0.05, 0.1) is 44.5 Å². The van der Waals surface area contributed by atoms with Gasteiger partial charge in [-0.25, -0.2) is 9.97 Å². The fraction of sp³-hybridized carbons (Fsp3) is 0. The Morgan fingerprint density at radius 2 is 0.480 bits per heavy atom. The Bertz CT molecular complexity index is 6980. The van der Waals surface area contributed by atoms with Crippen LogP contribution in [0.25, 0.3) is 210 Å². The van der Waals surface area contributed by atoms with Crippen molar-refractivity contribution in [2.45, 2.75) is 0 Å². The highest BCUT2D eigenvalue weighted by atomic mass is 32.1. The molecule has 0 unspecified atom stereocenters. The fourth-order valence-corrected chi connectivity index (χ4v) is 19.7. The minimum atomic E-state index is 0.637. The monoisotopic (exact) mass is 1350 g/mol. The van der Waals surface area contributed by atoms with Gasteiger partial charge in [0.25, 0.3) is 0 Å². The number of nitrogens with zero attached hydrogens (tertiary/aromatic N) is 5. The largest absolute Gasteiger partial charge is 0.309 e. The molecular weight excluding hydrogens is 1300 g/mol. The Kier molecular flexibility index (Phi) is 12.6. The van der Waals surface area contributed by atoms with E-state index in [9.17, 15) is 0 Å². The van der Waals surface area contributed by atoms with Crippen molar-refractivity contribution in [3.63, 3.8) is 0 Å². The van der Waals surface area contributed by atoms with Crippen LogP contribution in [0.4, 0.5) is 0 Å². The molecule has 0 aliphatic rings. The van der Waals surface area contributed by atoms with E-state index >= 15 is 0 Å². The minimum Gasteiger partial charge on any atom is -0.309 e. The molecule has 0 saturated heterocycles. The molecule has 0 amide bonds. The molecular formula is C94H55N5S3. The lowest BCUT2D eigenvalue weighted by Gasteiger charge is -2.14. The molecule has 0 N–H and O–H groups in total. The van der Waals surface area contributed by atoms with Gasteiger partial charge < -0.3 is 13.7 Å². The number of benzene rings is 15. The van der Waals surface area contributed by atoms with Crippen LogP contribution >= 0.6 is 34.0 Å². The van der Waals surface area contributed by atoms with Crippen LogP contribution in [0.3, 0.4) is 0 Å². The Hall–Kier alpha value is -12.6. The highest BCUT2D eigenvalue weighted by Gasteiger charge is 2.22. The summed E-state index contributed by atoms with van der Waals surface area (Å²) in [6.07, 6.45) is 0. The Labute approximate surface area is 597 Å². The fourth-order valence-electron chi connectivity index (χ4n) is 16.2. The highest BCUT2D eigenvalue weighted by molar-refractivity contribution is 7.26. The van der Waals surface area contributed by atoms with Crippen molar-refractivity contribution in [3.05, 3.63) is 334 Å². The van der Waals surface area contributed by atoms with E-state index in [0.29, 0.717) is 5.82 Å². The van der Waals surface area contributed by atoms with E-state index in [2.05, 4.69) is 347 Å². The van der Waals surface area contributed by atoms with Crippen LogP contribution in [0.15, 0.2) is 334 Å². The second kappa shape index (κ2) is 22.5. The molecule has 22 rings (SSSR count).